The van der Waals surface area contributed by atoms with Gasteiger partial charge in [0.1, 0.15) is 0 Å². The second-order valence-corrected chi connectivity index (χ2v) is 4.53. The summed E-state index contributed by atoms with van der Waals surface area (Å²) in [6.07, 6.45) is 1.74. The van der Waals surface area contributed by atoms with Gasteiger partial charge in [0.25, 0.3) is 0 Å². The first-order valence-electron chi connectivity index (χ1n) is 6.17. The van der Waals surface area contributed by atoms with E-state index in [0.29, 0.717) is 0 Å². The lowest BCUT2D eigenvalue weighted by Gasteiger charge is -2.16. The van der Waals surface area contributed by atoms with Gasteiger partial charge in [0.15, 0.2) is 0 Å². The van der Waals surface area contributed by atoms with E-state index in [1.165, 1.54) is 0 Å². The van der Waals surface area contributed by atoms with Crippen LogP contribution in [0.15, 0.2) is 12.1 Å². The van der Waals surface area contributed by atoms with Gasteiger partial charge in [-0.3, -0.25) is 4.79 Å². The predicted molar refractivity (Wildman–Crippen MR) is 73.0 cm³/mol. The third-order valence-corrected chi connectivity index (χ3v) is 3.16. The Morgan fingerprint density at radius 3 is 2.12 bits per heavy atom. The van der Waals surface area contributed by atoms with E-state index in [-0.39, 0.29) is 11.8 Å². The van der Waals surface area contributed by atoms with Gasteiger partial charge in [-0.05, 0) is 49.9 Å². The van der Waals surface area contributed by atoms with Crippen molar-refractivity contribution >= 4 is 17.3 Å². The van der Waals surface area contributed by atoms with Crippen LogP contribution in [0.1, 0.15) is 37.8 Å². The normalized spacial score (nSPS) is 10.6. The number of nitrogens with two attached hydrogens (primary N) is 1. The Balaban J connectivity index is 2.92. The molecule has 0 heterocycles. The van der Waals surface area contributed by atoms with Crippen LogP contribution < -0.4 is 11.1 Å². The molecule has 0 aliphatic heterocycles. The Morgan fingerprint density at radius 2 is 1.71 bits per heavy atom. The lowest BCUT2D eigenvalue weighted by Crippen LogP contribution is -2.22. The Hall–Kier alpha value is -1.51. The van der Waals surface area contributed by atoms with Crippen LogP contribution in [-0.2, 0) is 4.79 Å². The van der Waals surface area contributed by atoms with Gasteiger partial charge in [0.2, 0.25) is 5.91 Å². The third-order valence-electron chi connectivity index (χ3n) is 3.16. The van der Waals surface area contributed by atoms with E-state index < -0.39 is 0 Å². The van der Waals surface area contributed by atoms with Crippen molar-refractivity contribution in [3.8, 4) is 0 Å². The van der Waals surface area contributed by atoms with Crippen molar-refractivity contribution < 1.29 is 4.79 Å². The molecule has 1 aromatic carbocycles. The molecule has 1 aromatic rings. The van der Waals surface area contributed by atoms with E-state index in [2.05, 4.69) is 5.32 Å². The van der Waals surface area contributed by atoms with Gasteiger partial charge in [-0.15, -0.1) is 0 Å². The molecule has 0 fully saturated rings. The van der Waals surface area contributed by atoms with Gasteiger partial charge in [0.05, 0.1) is 0 Å². The summed E-state index contributed by atoms with van der Waals surface area (Å²) < 4.78 is 0. The second kappa shape index (κ2) is 5.71. The molecule has 3 heteroatoms. The number of nitrogens with one attached hydrogen (secondary N) is 1. The maximum absolute atomic E-state index is 12.0. The first kappa shape index (κ1) is 13.6. The molecule has 0 saturated heterocycles. The van der Waals surface area contributed by atoms with Crippen LogP contribution in [0, 0.1) is 19.8 Å². The Kier molecular flexibility index (Phi) is 4.55. The highest BCUT2D eigenvalue weighted by molar-refractivity contribution is 5.94. The first-order valence-corrected chi connectivity index (χ1v) is 6.17. The van der Waals surface area contributed by atoms with Crippen LogP contribution >= 0.6 is 0 Å². The van der Waals surface area contributed by atoms with Crippen LogP contribution in [0.5, 0.6) is 0 Å². The van der Waals surface area contributed by atoms with Gasteiger partial charge >= 0.3 is 0 Å². The van der Waals surface area contributed by atoms with Gasteiger partial charge in [-0.25, -0.2) is 0 Å². The van der Waals surface area contributed by atoms with Crippen LogP contribution in [0.3, 0.4) is 0 Å². The number of nitrogen functional groups attached to an aromatic ring is 1. The van der Waals surface area contributed by atoms with E-state index in [1.54, 1.807) is 0 Å². The summed E-state index contributed by atoms with van der Waals surface area (Å²) in [7, 11) is 0. The summed E-state index contributed by atoms with van der Waals surface area (Å²) in [4.78, 5) is 12.0. The van der Waals surface area contributed by atoms with Crippen molar-refractivity contribution in [2.75, 3.05) is 11.1 Å². The molecular weight excluding hydrogens is 212 g/mol. The highest BCUT2D eigenvalue weighted by Crippen LogP contribution is 2.24. The average molecular weight is 234 g/mol. The molecule has 1 rings (SSSR count). The highest BCUT2D eigenvalue weighted by Gasteiger charge is 2.16. The van der Waals surface area contributed by atoms with Gasteiger partial charge in [-0.1, -0.05) is 13.8 Å². The molecule has 0 atom stereocenters. The van der Waals surface area contributed by atoms with E-state index in [0.717, 1.165) is 35.3 Å². The van der Waals surface area contributed by atoms with Gasteiger partial charge in [0, 0.05) is 17.3 Å². The Morgan fingerprint density at radius 1 is 1.24 bits per heavy atom. The molecular formula is C14H22N2O. The van der Waals surface area contributed by atoms with Crippen molar-refractivity contribution in [1.29, 1.82) is 0 Å². The van der Waals surface area contributed by atoms with Crippen molar-refractivity contribution in [2.45, 2.75) is 40.5 Å². The van der Waals surface area contributed by atoms with Crippen molar-refractivity contribution in [1.82, 2.24) is 0 Å². The molecule has 0 radical (unpaired) electrons. The summed E-state index contributed by atoms with van der Waals surface area (Å²) in [5, 5.41) is 3.01. The molecule has 3 N–H and O–H groups in total. The summed E-state index contributed by atoms with van der Waals surface area (Å²) in [5.41, 5.74) is 9.43. The van der Waals surface area contributed by atoms with Crippen LogP contribution in [0.4, 0.5) is 11.4 Å². The number of anilines is 2. The summed E-state index contributed by atoms with van der Waals surface area (Å²) in [6, 6.07) is 3.77. The number of benzene rings is 1. The standard InChI is InChI=1S/C14H22N2O/c1-5-11(6-2)14(17)16-13-9(3)7-12(15)8-10(13)4/h7-8,11H,5-6,15H2,1-4H3,(H,16,17). The molecule has 94 valence electrons. The minimum absolute atomic E-state index is 0.0892. The Bertz CT molecular complexity index is 386. The number of hydrogen-bond acceptors (Lipinski definition) is 2. The Labute approximate surface area is 103 Å². The van der Waals surface area contributed by atoms with Crippen LogP contribution in [-0.4, -0.2) is 5.91 Å². The molecule has 1 amide bonds. The maximum Gasteiger partial charge on any atom is 0.227 e. The lowest BCUT2D eigenvalue weighted by atomic mass is 10.0. The zero-order valence-electron chi connectivity index (χ0n) is 11.1. The van der Waals surface area contributed by atoms with E-state index in [4.69, 9.17) is 5.73 Å². The SMILES string of the molecule is CCC(CC)C(=O)Nc1c(C)cc(N)cc1C. The quantitative estimate of drug-likeness (QED) is 0.786. The fourth-order valence-corrected chi connectivity index (χ4v) is 2.08. The fraction of sp³-hybridized carbons (Fsp3) is 0.500. The number of carbonyl (C=O) groups is 1. The zero-order chi connectivity index (χ0) is 13.0. The number of hydrogen-bond donors (Lipinski definition) is 2. The first-order chi connectivity index (χ1) is 7.99. The fourth-order valence-electron chi connectivity index (χ4n) is 2.08. The molecule has 0 bridgehead atoms. The average Bonchev–Trinajstić information content (AvgIpc) is 2.25. The summed E-state index contributed by atoms with van der Waals surface area (Å²) >= 11 is 0. The van der Waals surface area contributed by atoms with Crippen LogP contribution in [0.25, 0.3) is 0 Å². The second-order valence-electron chi connectivity index (χ2n) is 4.53. The maximum atomic E-state index is 12.0. The number of aryl methyl sites for hydroxylation is 2. The van der Waals surface area contributed by atoms with Crippen molar-refractivity contribution in [3.63, 3.8) is 0 Å². The number of rotatable bonds is 4. The summed E-state index contributed by atoms with van der Waals surface area (Å²) in [5.74, 6) is 0.192. The summed E-state index contributed by atoms with van der Waals surface area (Å²) in [6.45, 7) is 8.00. The highest BCUT2D eigenvalue weighted by atomic mass is 16.1. The van der Waals surface area contributed by atoms with Gasteiger partial charge < -0.3 is 11.1 Å². The van der Waals surface area contributed by atoms with Crippen molar-refractivity contribution in [2.24, 2.45) is 5.92 Å². The molecule has 0 aromatic heterocycles. The zero-order valence-corrected chi connectivity index (χ0v) is 11.1. The van der Waals surface area contributed by atoms with Crippen molar-refractivity contribution in [3.05, 3.63) is 23.3 Å². The largest absolute Gasteiger partial charge is 0.399 e. The minimum Gasteiger partial charge on any atom is -0.399 e. The number of carbonyl (C=O) groups excluding carboxylic acids is 1. The smallest absolute Gasteiger partial charge is 0.227 e. The van der Waals surface area contributed by atoms with E-state index >= 15 is 0 Å². The molecule has 0 aliphatic carbocycles. The number of amides is 1. The third kappa shape index (κ3) is 3.22. The molecule has 3 nitrogen and oxygen atoms in total. The van der Waals surface area contributed by atoms with E-state index in [1.807, 2.05) is 39.8 Å². The molecule has 17 heavy (non-hydrogen) atoms. The minimum atomic E-state index is 0.0892. The van der Waals surface area contributed by atoms with Crippen LogP contribution in [0.2, 0.25) is 0 Å². The van der Waals surface area contributed by atoms with Gasteiger partial charge in [-0.2, -0.15) is 0 Å². The molecule has 0 unspecified atom stereocenters. The molecule has 0 spiro atoms. The van der Waals surface area contributed by atoms with E-state index in [9.17, 15) is 4.79 Å². The topological polar surface area (TPSA) is 55.1 Å². The molecule has 0 aliphatic rings. The monoisotopic (exact) mass is 234 g/mol. The molecule has 0 saturated carbocycles. The lowest BCUT2D eigenvalue weighted by molar-refractivity contribution is -0.120. The predicted octanol–water partition coefficient (Wildman–Crippen LogP) is 3.26.